The summed E-state index contributed by atoms with van der Waals surface area (Å²) in [7, 11) is 0. The van der Waals surface area contributed by atoms with Crippen molar-refractivity contribution in [3.8, 4) is 0 Å². The van der Waals surface area contributed by atoms with Crippen molar-refractivity contribution in [2.45, 2.75) is 103 Å². The van der Waals surface area contributed by atoms with Crippen LogP contribution in [0.2, 0.25) is 0 Å². The Bertz CT molecular complexity index is 319. The Kier molecular flexibility index (Phi) is 18.8. The molecule has 25 heavy (non-hydrogen) atoms. The van der Waals surface area contributed by atoms with Gasteiger partial charge in [0.2, 0.25) is 5.91 Å². The Labute approximate surface area is 155 Å². The van der Waals surface area contributed by atoms with E-state index in [1.807, 2.05) is 0 Å². The largest absolute Gasteiger partial charge is 0.394 e. The van der Waals surface area contributed by atoms with Crippen LogP contribution in [0.1, 0.15) is 96.8 Å². The van der Waals surface area contributed by atoms with Gasteiger partial charge in [0.1, 0.15) is 6.04 Å². The SMILES string of the molecule is CCCCCCCC/C=C/CCCCCCCCNC(=O)[C@@H](N)CO. The molecule has 148 valence electrons. The summed E-state index contributed by atoms with van der Waals surface area (Å²) < 4.78 is 0. The molecule has 4 N–H and O–H groups in total. The topological polar surface area (TPSA) is 75.4 Å². The highest BCUT2D eigenvalue weighted by molar-refractivity contribution is 5.81. The van der Waals surface area contributed by atoms with E-state index in [1.165, 1.54) is 77.0 Å². The Morgan fingerprint density at radius 2 is 1.36 bits per heavy atom. The lowest BCUT2D eigenvalue weighted by Gasteiger charge is -2.09. The summed E-state index contributed by atoms with van der Waals surface area (Å²) in [5.74, 6) is -0.254. The number of carbonyl (C=O) groups is 1. The van der Waals surface area contributed by atoms with Crippen molar-refractivity contribution in [2.75, 3.05) is 13.2 Å². The lowest BCUT2D eigenvalue weighted by Crippen LogP contribution is -2.43. The van der Waals surface area contributed by atoms with Gasteiger partial charge >= 0.3 is 0 Å². The monoisotopic (exact) mass is 354 g/mol. The highest BCUT2D eigenvalue weighted by Crippen LogP contribution is 2.09. The molecule has 0 unspecified atom stereocenters. The van der Waals surface area contributed by atoms with Crippen molar-refractivity contribution < 1.29 is 9.90 Å². The van der Waals surface area contributed by atoms with Crippen LogP contribution in [0.25, 0.3) is 0 Å². The van der Waals surface area contributed by atoms with E-state index < -0.39 is 6.04 Å². The number of hydrogen-bond acceptors (Lipinski definition) is 3. The molecule has 0 aromatic carbocycles. The Balaban J connectivity index is 3.18. The number of aliphatic hydroxyl groups is 1. The predicted molar refractivity (Wildman–Crippen MR) is 108 cm³/mol. The molecule has 0 fully saturated rings. The number of hydrogen-bond donors (Lipinski definition) is 3. The van der Waals surface area contributed by atoms with Gasteiger partial charge in [0.25, 0.3) is 0 Å². The molecule has 0 aliphatic rings. The first-order valence-corrected chi connectivity index (χ1v) is 10.5. The van der Waals surface area contributed by atoms with Crippen LogP contribution in [0.15, 0.2) is 12.2 Å². The van der Waals surface area contributed by atoms with E-state index in [9.17, 15) is 4.79 Å². The molecule has 0 saturated carbocycles. The standard InChI is InChI=1S/C21H42N2O2/c1-2-3-4-5-6-7-8-9-10-11-12-13-14-15-16-17-18-23-21(25)20(22)19-24/h9-10,20,24H,2-8,11-19,22H2,1H3,(H,23,25)/b10-9+/t20-/m0/s1. The van der Waals surface area contributed by atoms with Crippen LogP contribution in [-0.2, 0) is 4.79 Å². The summed E-state index contributed by atoms with van der Waals surface area (Å²) in [6.07, 6.45) is 22.6. The van der Waals surface area contributed by atoms with Gasteiger partial charge in [-0.25, -0.2) is 0 Å². The van der Waals surface area contributed by atoms with E-state index in [0.717, 1.165) is 12.8 Å². The third kappa shape index (κ3) is 17.7. The van der Waals surface area contributed by atoms with Crippen LogP contribution in [-0.4, -0.2) is 30.2 Å². The predicted octanol–water partition coefficient (Wildman–Crippen LogP) is 4.46. The summed E-state index contributed by atoms with van der Waals surface area (Å²) >= 11 is 0. The lowest BCUT2D eigenvalue weighted by molar-refractivity contribution is -0.123. The molecule has 0 saturated heterocycles. The summed E-state index contributed by atoms with van der Waals surface area (Å²) in [5, 5.41) is 11.5. The van der Waals surface area contributed by atoms with Crippen LogP contribution in [0.4, 0.5) is 0 Å². The van der Waals surface area contributed by atoms with Gasteiger partial charge in [-0.3, -0.25) is 4.79 Å². The summed E-state index contributed by atoms with van der Waals surface area (Å²) in [6, 6.07) is -0.783. The number of carbonyl (C=O) groups excluding carboxylic acids is 1. The van der Waals surface area contributed by atoms with Gasteiger partial charge in [-0.05, 0) is 32.1 Å². The van der Waals surface area contributed by atoms with E-state index in [-0.39, 0.29) is 12.5 Å². The molecule has 4 heteroatoms. The smallest absolute Gasteiger partial charge is 0.239 e. The Hall–Kier alpha value is -0.870. The van der Waals surface area contributed by atoms with Crippen molar-refractivity contribution >= 4 is 5.91 Å². The Morgan fingerprint density at radius 3 is 1.88 bits per heavy atom. The number of amides is 1. The number of nitrogens with two attached hydrogens (primary N) is 1. The van der Waals surface area contributed by atoms with Gasteiger partial charge in [0.15, 0.2) is 0 Å². The minimum absolute atomic E-state index is 0.254. The van der Waals surface area contributed by atoms with Crippen molar-refractivity contribution in [3.05, 3.63) is 12.2 Å². The second-order valence-corrected chi connectivity index (χ2v) is 7.02. The summed E-state index contributed by atoms with van der Waals surface area (Å²) in [5.41, 5.74) is 5.42. The number of rotatable bonds is 18. The zero-order valence-electron chi connectivity index (χ0n) is 16.5. The molecule has 0 spiro atoms. The molecule has 0 aromatic heterocycles. The van der Waals surface area contributed by atoms with Gasteiger partial charge in [-0.2, -0.15) is 0 Å². The first-order chi connectivity index (χ1) is 12.2. The van der Waals surface area contributed by atoms with Gasteiger partial charge in [-0.15, -0.1) is 0 Å². The van der Waals surface area contributed by atoms with Crippen molar-refractivity contribution in [1.82, 2.24) is 5.32 Å². The maximum Gasteiger partial charge on any atom is 0.239 e. The molecule has 4 nitrogen and oxygen atoms in total. The van der Waals surface area contributed by atoms with Gasteiger partial charge in [0, 0.05) is 6.54 Å². The summed E-state index contributed by atoms with van der Waals surface area (Å²) in [4.78, 5) is 11.3. The zero-order chi connectivity index (χ0) is 18.6. The zero-order valence-corrected chi connectivity index (χ0v) is 16.5. The molecule has 0 rings (SSSR count). The van der Waals surface area contributed by atoms with E-state index in [4.69, 9.17) is 10.8 Å². The van der Waals surface area contributed by atoms with E-state index in [1.54, 1.807) is 0 Å². The highest BCUT2D eigenvalue weighted by Gasteiger charge is 2.09. The molecular formula is C21H42N2O2. The average Bonchev–Trinajstić information content (AvgIpc) is 2.63. The van der Waals surface area contributed by atoms with Crippen molar-refractivity contribution in [3.63, 3.8) is 0 Å². The van der Waals surface area contributed by atoms with Crippen LogP contribution in [0.5, 0.6) is 0 Å². The second kappa shape index (κ2) is 19.5. The van der Waals surface area contributed by atoms with Gasteiger partial charge in [-0.1, -0.05) is 76.9 Å². The molecule has 0 heterocycles. The van der Waals surface area contributed by atoms with Crippen LogP contribution in [0.3, 0.4) is 0 Å². The van der Waals surface area contributed by atoms with E-state index in [0.29, 0.717) is 6.54 Å². The maximum atomic E-state index is 11.3. The van der Waals surface area contributed by atoms with Gasteiger partial charge < -0.3 is 16.2 Å². The molecule has 0 bridgehead atoms. The number of allylic oxidation sites excluding steroid dienone is 2. The molecule has 1 amide bonds. The van der Waals surface area contributed by atoms with E-state index in [2.05, 4.69) is 24.4 Å². The molecule has 0 aliphatic heterocycles. The fourth-order valence-electron chi connectivity index (χ4n) is 2.80. The average molecular weight is 355 g/mol. The first-order valence-electron chi connectivity index (χ1n) is 10.5. The van der Waals surface area contributed by atoms with Crippen molar-refractivity contribution in [1.29, 1.82) is 0 Å². The van der Waals surface area contributed by atoms with Gasteiger partial charge in [0.05, 0.1) is 6.61 Å². The van der Waals surface area contributed by atoms with Crippen LogP contribution < -0.4 is 11.1 Å². The lowest BCUT2D eigenvalue weighted by atomic mass is 10.1. The number of unbranched alkanes of at least 4 members (excludes halogenated alkanes) is 12. The fraction of sp³-hybridized carbons (Fsp3) is 0.857. The van der Waals surface area contributed by atoms with Crippen LogP contribution >= 0.6 is 0 Å². The quantitative estimate of drug-likeness (QED) is 0.251. The second-order valence-electron chi connectivity index (χ2n) is 7.02. The minimum Gasteiger partial charge on any atom is -0.394 e. The van der Waals surface area contributed by atoms with Crippen LogP contribution in [0, 0.1) is 0 Å². The molecule has 0 aliphatic carbocycles. The number of aliphatic hydroxyl groups excluding tert-OH is 1. The minimum atomic E-state index is -0.783. The molecular weight excluding hydrogens is 312 g/mol. The summed E-state index contributed by atoms with van der Waals surface area (Å²) in [6.45, 7) is 2.63. The maximum absolute atomic E-state index is 11.3. The molecule has 1 atom stereocenters. The third-order valence-electron chi connectivity index (χ3n) is 4.52. The van der Waals surface area contributed by atoms with E-state index >= 15 is 0 Å². The number of nitrogens with one attached hydrogen (secondary N) is 1. The highest BCUT2D eigenvalue weighted by atomic mass is 16.3. The van der Waals surface area contributed by atoms with Crippen molar-refractivity contribution in [2.24, 2.45) is 5.73 Å². The first kappa shape index (κ1) is 24.1. The Morgan fingerprint density at radius 1 is 0.880 bits per heavy atom. The molecule has 0 radical (unpaired) electrons. The normalized spacial score (nSPS) is 12.6. The molecule has 0 aromatic rings. The third-order valence-corrected chi connectivity index (χ3v) is 4.52. The fourth-order valence-corrected chi connectivity index (χ4v) is 2.80.